The molecule has 0 atom stereocenters. The van der Waals surface area contributed by atoms with Crippen molar-refractivity contribution in [2.75, 3.05) is 18.0 Å². The lowest BCUT2D eigenvalue weighted by Gasteiger charge is -2.29. The van der Waals surface area contributed by atoms with Gasteiger partial charge in [-0.15, -0.1) is 0 Å². The molecule has 144 valence electrons. The minimum atomic E-state index is -0.590. The predicted molar refractivity (Wildman–Crippen MR) is 109 cm³/mol. The molecule has 2 amide bonds. The van der Waals surface area contributed by atoms with Crippen molar-refractivity contribution in [1.82, 2.24) is 4.90 Å². The highest BCUT2D eigenvalue weighted by Gasteiger charge is 2.42. The molecule has 2 aliphatic rings. The fourth-order valence-corrected chi connectivity index (χ4v) is 4.65. The van der Waals surface area contributed by atoms with E-state index in [9.17, 15) is 14.0 Å². The average Bonchev–Trinajstić information content (AvgIpc) is 2.95. The Morgan fingerprint density at radius 1 is 0.929 bits per heavy atom. The molecular formula is C21H18ClFN2O2S. The van der Waals surface area contributed by atoms with Crippen molar-refractivity contribution in [3.63, 3.8) is 0 Å². The van der Waals surface area contributed by atoms with Gasteiger partial charge in [-0.3, -0.25) is 9.59 Å². The Kier molecular flexibility index (Phi) is 5.42. The van der Waals surface area contributed by atoms with E-state index in [1.165, 1.54) is 30.0 Å². The maximum absolute atomic E-state index is 13.6. The first-order valence-electron chi connectivity index (χ1n) is 9.12. The van der Waals surface area contributed by atoms with Gasteiger partial charge in [0.2, 0.25) is 0 Å². The molecule has 0 bridgehead atoms. The van der Waals surface area contributed by atoms with Crippen LogP contribution in [0.3, 0.4) is 0 Å². The van der Waals surface area contributed by atoms with Crippen molar-refractivity contribution in [1.29, 1.82) is 0 Å². The van der Waals surface area contributed by atoms with Crippen molar-refractivity contribution in [3.05, 3.63) is 70.0 Å². The molecule has 4 rings (SSSR count). The van der Waals surface area contributed by atoms with Crippen molar-refractivity contribution in [2.24, 2.45) is 0 Å². The van der Waals surface area contributed by atoms with Crippen LogP contribution in [0.2, 0.25) is 5.02 Å². The smallest absolute Gasteiger partial charge is 0.283 e. The van der Waals surface area contributed by atoms with E-state index in [2.05, 4.69) is 0 Å². The van der Waals surface area contributed by atoms with E-state index in [1.807, 2.05) is 35.2 Å². The van der Waals surface area contributed by atoms with Crippen LogP contribution in [-0.2, 0) is 9.59 Å². The molecule has 0 aromatic heterocycles. The van der Waals surface area contributed by atoms with Gasteiger partial charge >= 0.3 is 0 Å². The molecule has 2 aromatic carbocycles. The van der Waals surface area contributed by atoms with Gasteiger partial charge in [0, 0.05) is 18.0 Å². The summed E-state index contributed by atoms with van der Waals surface area (Å²) in [4.78, 5) is 30.9. The second-order valence-corrected chi connectivity index (χ2v) is 8.18. The van der Waals surface area contributed by atoms with Crippen molar-refractivity contribution < 1.29 is 14.0 Å². The highest BCUT2D eigenvalue weighted by atomic mass is 35.5. The average molecular weight is 417 g/mol. The molecule has 1 saturated heterocycles. The van der Waals surface area contributed by atoms with E-state index in [0.717, 1.165) is 42.1 Å². The highest BCUT2D eigenvalue weighted by molar-refractivity contribution is 8.04. The standard InChI is InChI=1S/C21H18ClFN2O2S/c22-16-13-14(9-10-17(16)23)25-20(26)18(24-11-5-2-6-12-24)19(21(25)27)28-15-7-3-1-4-8-15/h1,3-4,7-10,13H,2,5-6,11-12H2. The second-order valence-electron chi connectivity index (χ2n) is 6.68. The Balaban J connectivity index is 1.75. The Morgan fingerprint density at radius 3 is 2.32 bits per heavy atom. The van der Waals surface area contributed by atoms with Crippen LogP contribution in [0, 0.1) is 5.82 Å². The summed E-state index contributed by atoms with van der Waals surface area (Å²) in [5, 5.41) is -0.123. The van der Waals surface area contributed by atoms with Gasteiger partial charge in [-0.05, 0) is 49.6 Å². The zero-order chi connectivity index (χ0) is 19.7. The first-order valence-corrected chi connectivity index (χ1v) is 10.3. The van der Waals surface area contributed by atoms with Crippen LogP contribution in [-0.4, -0.2) is 29.8 Å². The zero-order valence-electron chi connectivity index (χ0n) is 15.0. The summed E-state index contributed by atoms with van der Waals surface area (Å²) in [7, 11) is 0. The van der Waals surface area contributed by atoms with Crippen LogP contribution in [0.5, 0.6) is 0 Å². The number of piperidine rings is 1. The lowest BCUT2D eigenvalue weighted by molar-refractivity contribution is -0.121. The van der Waals surface area contributed by atoms with Crippen LogP contribution in [0.25, 0.3) is 0 Å². The van der Waals surface area contributed by atoms with Crippen molar-refractivity contribution >= 4 is 40.9 Å². The first kappa shape index (κ1) is 19.0. The first-order chi connectivity index (χ1) is 13.6. The number of rotatable bonds is 4. The number of nitrogens with zero attached hydrogens (tertiary/aromatic N) is 2. The van der Waals surface area contributed by atoms with E-state index in [1.54, 1.807) is 0 Å². The largest absolute Gasteiger partial charge is 0.366 e. The number of benzene rings is 2. The summed E-state index contributed by atoms with van der Waals surface area (Å²) in [5.41, 5.74) is 0.707. The fourth-order valence-electron chi connectivity index (χ4n) is 3.45. The number of hydrogen-bond acceptors (Lipinski definition) is 4. The molecule has 1 fully saturated rings. The second kappa shape index (κ2) is 7.97. The van der Waals surface area contributed by atoms with Gasteiger partial charge in [-0.1, -0.05) is 41.6 Å². The molecular weight excluding hydrogens is 399 g/mol. The number of anilines is 1. The SMILES string of the molecule is O=C1C(Sc2ccccc2)=C(N2CCCCC2)C(=O)N1c1ccc(F)c(Cl)c1. The third-order valence-corrected chi connectivity index (χ3v) is 6.18. The molecule has 2 aromatic rings. The number of likely N-dealkylation sites (tertiary alicyclic amines) is 1. The molecule has 2 heterocycles. The summed E-state index contributed by atoms with van der Waals surface area (Å²) < 4.78 is 13.6. The Bertz CT molecular complexity index is 958. The highest BCUT2D eigenvalue weighted by Crippen LogP contribution is 2.39. The minimum absolute atomic E-state index is 0.123. The molecule has 4 nitrogen and oxygen atoms in total. The van der Waals surface area contributed by atoms with Crippen LogP contribution in [0.4, 0.5) is 10.1 Å². The molecule has 0 N–H and O–H groups in total. The van der Waals surface area contributed by atoms with Crippen LogP contribution in [0.15, 0.2) is 64.0 Å². The molecule has 0 saturated carbocycles. The summed E-state index contributed by atoms with van der Waals surface area (Å²) in [6, 6.07) is 13.4. The van der Waals surface area contributed by atoms with E-state index in [4.69, 9.17) is 11.6 Å². The zero-order valence-corrected chi connectivity index (χ0v) is 16.6. The number of imide groups is 1. The molecule has 0 spiro atoms. The van der Waals surface area contributed by atoms with Crippen LogP contribution < -0.4 is 4.90 Å². The van der Waals surface area contributed by atoms with E-state index in [-0.39, 0.29) is 16.6 Å². The number of thioether (sulfide) groups is 1. The van der Waals surface area contributed by atoms with Crippen LogP contribution in [0.1, 0.15) is 19.3 Å². The number of hydrogen-bond donors (Lipinski definition) is 0. The summed E-state index contributed by atoms with van der Waals surface area (Å²) in [5.74, 6) is -1.37. The van der Waals surface area contributed by atoms with Gasteiger partial charge < -0.3 is 4.90 Å². The molecule has 0 unspecified atom stereocenters. The van der Waals surface area contributed by atoms with Gasteiger partial charge in [0.1, 0.15) is 16.4 Å². The summed E-state index contributed by atoms with van der Waals surface area (Å²) in [6.07, 6.45) is 3.08. The number of carbonyl (C=O) groups is 2. The number of halogens is 2. The van der Waals surface area contributed by atoms with Crippen LogP contribution >= 0.6 is 23.4 Å². The third kappa shape index (κ3) is 3.54. The number of carbonyl (C=O) groups excluding carboxylic acids is 2. The van der Waals surface area contributed by atoms with Crippen molar-refractivity contribution in [3.8, 4) is 0 Å². The minimum Gasteiger partial charge on any atom is -0.366 e. The maximum atomic E-state index is 13.6. The molecule has 28 heavy (non-hydrogen) atoms. The lowest BCUT2D eigenvalue weighted by atomic mass is 10.1. The van der Waals surface area contributed by atoms with Crippen molar-refractivity contribution in [2.45, 2.75) is 24.2 Å². The molecule has 0 aliphatic carbocycles. The molecule has 2 aliphatic heterocycles. The van der Waals surface area contributed by atoms with Gasteiger partial charge in [0.25, 0.3) is 11.8 Å². The van der Waals surface area contributed by atoms with Gasteiger partial charge in [-0.25, -0.2) is 9.29 Å². The fraction of sp³-hybridized carbons (Fsp3) is 0.238. The van der Waals surface area contributed by atoms with E-state index < -0.39 is 11.7 Å². The summed E-state index contributed by atoms with van der Waals surface area (Å²) in [6.45, 7) is 1.48. The number of amides is 2. The topological polar surface area (TPSA) is 40.6 Å². The van der Waals surface area contributed by atoms with Gasteiger partial charge in [0.05, 0.1) is 10.7 Å². The molecule has 7 heteroatoms. The Morgan fingerprint density at radius 2 is 1.64 bits per heavy atom. The Labute approximate surface area is 172 Å². The lowest BCUT2D eigenvalue weighted by Crippen LogP contribution is -2.37. The van der Waals surface area contributed by atoms with Gasteiger partial charge in [-0.2, -0.15) is 0 Å². The maximum Gasteiger partial charge on any atom is 0.283 e. The van der Waals surface area contributed by atoms with Gasteiger partial charge in [0.15, 0.2) is 0 Å². The summed E-state index contributed by atoms with van der Waals surface area (Å²) >= 11 is 7.17. The Hall–Kier alpha value is -2.31. The molecule has 0 radical (unpaired) electrons. The third-order valence-electron chi connectivity index (χ3n) is 4.81. The monoisotopic (exact) mass is 416 g/mol. The predicted octanol–water partition coefficient (Wildman–Crippen LogP) is 4.84. The normalized spacial score (nSPS) is 17.6. The van der Waals surface area contributed by atoms with E-state index >= 15 is 0 Å². The quantitative estimate of drug-likeness (QED) is 0.668. The van der Waals surface area contributed by atoms with E-state index in [0.29, 0.717) is 10.6 Å².